The van der Waals surface area contributed by atoms with E-state index < -0.39 is 22.8 Å². The Bertz CT molecular complexity index is 532. The summed E-state index contributed by atoms with van der Waals surface area (Å²) >= 11 is 0. The number of rotatable bonds is 8. The lowest BCUT2D eigenvalue weighted by Crippen LogP contribution is -2.33. The number of hydrogen-bond acceptors (Lipinski definition) is 4. The summed E-state index contributed by atoms with van der Waals surface area (Å²) in [5.41, 5.74) is -1.93. The number of unbranched alkanes of at least 4 members (excludes halogenated alkanes) is 1. The molecule has 1 heterocycles. The Balaban J connectivity index is 2.59. The average molecular weight is 270 g/mol. The Morgan fingerprint density at radius 2 is 2.05 bits per heavy atom. The minimum absolute atomic E-state index is 0.308. The second-order valence-electron chi connectivity index (χ2n) is 4.12. The lowest BCUT2D eigenvalue weighted by Gasteiger charge is -2.06. The van der Waals surface area contributed by atoms with Crippen LogP contribution in [0.4, 0.5) is 0 Å². The van der Waals surface area contributed by atoms with Gasteiger partial charge in [-0.1, -0.05) is 13.3 Å². The van der Waals surface area contributed by atoms with Crippen LogP contribution in [0, 0.1) is 0 Å². The minimum atomic E-state index is -1.35. The fraction of sp³-hybridized carbons (Fsp3) is 0.583. The molecule has 0 bridgehead atoms. The van der Waals surface area contributed by atoms with Gasteiger partial charge in [-0.05, 0) is 12.8 Å². The van der Waals surface area contributed by atoms with Crippen molar-refractivity contribution in [3.05, 3.63) is 32.6 Å². The fourth-order valence-corrected chi connectivity index (χ4v) is 1.51. The van der Waals surface area contributed by atoms with Gasteiger partial charge in [-0.3, -0.25) is 14.3 Å². The summed E-state index contributed by atoms with van der Waals surface area (Å²) in [4.78, 5) is 35.4. The van der Waals surface area contributed by atoms with Crippen molar-refractivity contribution < 1.29 is 14.6 Å². The van der Waals surface area contributed by atoms with Crippen LogP contribution in [0.5, 0.6) is 0 Å². The summed E-state index contributed by atoms with van der Waals surface area (Å²) in [6.07, 6.45) is 3.69. The highest BCUT2D eigenvalue weighted by atomic mass is 16.5. The molecular formula is C12H18N2O5. The van der Waals surface area contributed by atoms with Crippen LogP contribution in [-0.4, -0.2) is 33.8 Å². The van der Waals surface area contributed by atoms with Crippen LogP contribution in [-0.2, 0) is 11.3 Å². The summed E-state index contributed by atoms with van der Waals surface area (Å²) in [6.45, 7) is 3.55. The standard InChI is InChI=1S/C12H18N2O5/c1-2-3-6-19-7-4-5-14-8-9(11(16)17)10(15)13-12(14)18/h8H,2-7H2,1H3,(H,16,17)(H,13,15,18). The van der Waals surface area contributed by atoms with E-state index in [0.717, 1.165) is 19.0 Å². The first-order chi connectivity index (χ1) is 9.06. The normalized spacial score (nSPS) is 10.6. The third-order valence-electron chi connectivity index (χ3n) is 2.57. The van der Waals surface area contributed by atoms with Gasteiger partial charge in [-0.25, -0.2) is 9.59 Å². The average Bonchev–Trinajstić information content (AvgIpc) is 2.35. The number of nitrogens with one attached hydrogen (secondary N) is 1. The number of ether oxygens (including phenoxy) is 1. The summed E-state index contributed by atoms with van der Waals surface area (Å²) in [7, 11) is 0. The highest BCUT2D eigenvalue weighted by Crippen LogP contribution is 1.93. The minimum Gasteiger partial charge on any atom is -0.477 e. The predicted molar refractivity (Wildman–Crippen MR) is 68.6 cm³/mol. The van der Waals surface area contributed by atoms with Crippen molar-refractivity contribution in [2.24, 2.45) is 0 Å². The number of aryl methyl sites for hydroxylation is 1. The number of carbonyl (C=O) groups is 1. The molecule has 19 heavy (non-hydrogen) atoms. The van der Waals surface area contributed by atoms with Crippen molar-refractivity contribution in [1.29, 1.82) is 0 Å². The third kappa shape index (κ3) is 4.70. The molecule has 0 radical (unpaired) electrons. The van der Waals surface area contributed by atoms with E-state index in [4.69, 9.17) is 9.84 Å². The van der Waals surface area contributed by atoms with Crippen LogP contribution in [0.3, 0.4) is 0 Å². The third-order valence-corrected chi connectivity index (χ3v) is 2.57. The van der Waals surface area contributed by atoms with Crippen molar-refractivity contribution in [2.45, 2.75) is 32.7 Å². The molecule has 0 aliphatic rings. The Morgan fingerprint density at radius 3 is 2.68 bits per heavy atom. The topological polar surface area (TPSA) is 101 Å². The molecule has 7 nitrogen and oxygen atoms in total. The van der Waals surface area contributed by atoms with Crippen molar-refractivity contribution in [3.8, 4) is 0 Å². The Labute approximate surface area is 109 Å². The van der Waals surface area contributed by atoms with E-state index in [1.54, 1.807) is 0 Å². The maximum absolute atomic E-state index is 11.5. The second-order valence-corrected chi connectivity index (χ2v) is 4.12. The van der Waals surface area contributed by atoms with E-state index in [-0.39, 0.29) is 0 Å². The number of H-pyrrole nitrogens is 1. The maximum atomic E-state index is 11.5. The largest absolute Gasteiger partial charge is 0.477 e. The van der Waals surface area contributed by atoms with E-state index in [1.165, 1.54) is 4.57 Å². The smallest absolute Gasteiger partial charge is 0.342 e. The molecule has 0 aromatic carbocycles. The van der Waals surface area contributed by atoms with Gasteiger partial charge in [0.25, 0.3) is 5.56 Å². The summed E-state index contributed by atoms with van der Waals surface area (Å²) < 4.78 is 6.51. The van der Waals surface area contributed by atoms with Crippen LogP contribution >= 0.6 is 0 Å². The molecule has 1 aromatic rings. The molecule has 0 saturated carbocycles. The summed E-state index contributed by atoms with van der Waals surface area (Å²) in [6, 6.07) is 0. The Hall–Kier alpha value is -1.89. The van der Waals surface area contributed by atoms with Gasteiger partial charge in [0, 0.05) is 26.0 Å². The fourth-order valence-electron chi connectivity index (χ4n) is 1.51. The van der Waals surface area contributed by atoms with Gasteiger partial charge in [0.15, 0.2) is 0 Å². The second kappa shape index (κ2) is 7.52. The molecule has 0 amide bonds. The molecule has 0 aliphatic carbocycles. The number of carboxylic acids is 1. The molecule has 0 spiro atoms. The van der Waals surface area contributed by atoms with Crippen molar-refractivity contribution in [3.63, 3.8) is 0 Å². The Morgan fingerprint density at radius 1 is 1.37 bits per heavy atom. The van der Waals surface area contributed by atoms with Crippen molar-refractivity contribution >= 4 is 5.97 Å². The van der Waals surface area contributed by atoms with Crippen LogP contribution in [0.25, 0.3) is 0 Å². The lowest BCUT2D eigenvalue weighted by atomic mass is 10.3. The lowest BCUT2D eigenvalue weighted by molar-refractivity contribution is 0.0693. The summed E-state index contributed by atoms with van der Waals surface area (Å²) in [5, 5.41) is 8.79. The highest BCUT2D eigenvalue weighted by molar-refractivity contribution is 5.86. The first-order valence-electron chi connectivity index (χ1n) is 6.21. The zero-order chi connectivity index (χ0) is 14.3. The van der Waals surface area contributed by atoms with Gasteiger partial charge in [0.05, 0.1) is 0 Å². The zero-order valence-electron chi connectivity index (χ0n) is 10.8. The summed E-state index contributed by atoms with van der Waals surface area (Å²) in [5.74, 6) is -1.35. The number of aromatic nitrogens is 2. The maximum Gasteiger partial charge on any atom is 0.342 e. The molecule has 0 unspecified atom stereocenters. The van der Waals surface area contributed by atoms with Crippen LogP contribution in [0.2, 0.25) is 0 Å². The molecule has 1 rings (SSSR count). The van der Waals surface area contributed by atoms with Crippen LogP contribution in [0.1, 0.15) is 36.5 Å². The molecular weight excluding hydrogens is 252 g/mol. The first-order valence-corrected chi connectivity index (χ1v) is 6.21. The van der Waals surface area contributed by atoms with E-state index in [2.05, 4.69) is 6.92 Å². The quantitative estimate of drug-likeness (QED) is 0.667. The molecule has 0 aliphatic heterocycles. The van der Waals surface area contributed by atoms with Gasteiger partial charge in [-0.15, -0.1) is 0 Å². The number of aromatic amines is 1. The van der Waals surface area contributed by atoms with E-state index in [9.17, 15) is 14.4 Å². The van der Waals surface area contributed by atoms with Crippen molar-refractivity contribution in [1.82, 2.24) is 9.55 Å². The van der Waals surface area contributed by atoms with Crippen LogP contribution in [0.15, 0.2) is 15.8 Å². The van der Waals surface area contributed by atoms with Gasteiger partial charge < -0.3 is 9.84 Å². The number of hydrogen-bond donors (Lipinski definition) is 2. The molecule has 0 saturated heterocycles. The molecule has 2 N–H and O–H groups in total. The zero-order valence-corrected chi connectivity index (χ0v) is 10.8. The molecule has 7 heteroatoms. The highest BCUT2D eigenvalue weighted by Gasteiger charge is 2.11. The molecule has 0 fully saturated rings. The number of aromatic carboxylic acids is 1. The number of nitrogens with zero attached hydrogens (tertiary/aromatic N) is 1. The monoisotopic (exact) mass is 270 g/mol. The van der Waals surface area contributed by atoms with E-state index in [1.807, 2.05) is 4.98 Å². The molecule has 1 aromatic heterocycles. The van der Waals surface area contributed by atoms with E-state index in [0.29, 0.717) is 26.2 Å². The van der Waals surface area contributed by atoms with Crippen LogP contribution < -0.4 is 11.2 Å². The Kier molecular flexibility index (Phi) is 6.01. The SMILES string of the molecule is CCCCOCCCn1cc(C(=O)O)c(=O)[nH]c1=O. The van der Waals surface area contributed by atoms with Gasteiger partial charge in [0.2, 0.25) is 0 Å². The predicted octanol–water partition coefficient (Wildman–Crippen LogP) is 0.442. The first kappa shape index (κ1) is 15.2. The van der Waals surface area contributed by atoms with Crippen molar-refractivity contribution in [2.75, 3.05) is 13.2 Å². The number of carboxylic acid groups (broad SMARTS) is 1. The molecule has 0 atom stereocenters. The van der Waals surface area contributed by atoms with Gasteiger partial charge in [0.1, 0.15) is 5.56 Å². The molecule has 106 valence electrons. The van der Waals surface area contributed by atoms with E-state index >= 15 is 0 Å². The van der Waals surface area contributed by atoms with Gasteiger partial charge >= 0.3 is 11.7 Å². The van der Waals surface area contributed by atoms with Gasteiger partial charge in [-0.2, -0.15) is 0 Å².